The van der Waals surface area contributed by atoms with Crippen LogP contribution in [0, 0.1) is 0 Å². The molecule has 0 amide bonds. The Hall–Kier alpha value is -0.810. The van der Waals surface area contributed by atoms with Crippen molar-refractivity contribution in [1.82, 2.24) is 5.32 Å². The highest BCUT2D eigenvalue weighted by Gasteiger charge is 2.15. The van der Waals surface area contributed by atoms with Gasteiger partial charge < -0.3 is 19.9 Å². The highest BCUT2D eigenvalue weighted by molar-refractivity contribution is 6.32. The summed E-state index contributed by atoms with van der Waals surface area (Å²) >= 11 is 5.97. The summed E-state index contributed by atoms with van der Waals surface area (Å²) in [6, 6.07) is 7.59. The number of aliphatic hydroxyl groups excluding tert-OH is 1. The molecular weight excluding hydrogens is 266 g/mol. The molecule has 1 aliphatic rings. The minimum Gasteiger partial charge on any atom is -0.489 e. The number of rotatable bonds is 6. The first kappa shape index (κ1) is 14.6. The molecule has 19 heavy (non-hydrogen) atoms. The fourth-order valence-corrected chi connectivity index (χ4v) is 2.20. The molecule has 0 aromatic heterocycles. The van der Waals surface area contributed by atoms with E-state index in [2.05, 4.69) is 5.32 Å². The second-order valence-electron chi connectivity index (χ2n) is 4.72. The molecule has 5 heteroatoms. The normalized spacial score (nSPS) is 21.1. The average molecular weight is 286 g/mol. The van der Waals surface area contributed by atoms with Gasteiger partial charge in [0, 0.05) is 19.2 Å². The lowest BCUT2D eigenvalue weighted by molar-refractivity contribution is 0.0572. The molecule has 106 valence electrons. The first-order chi connectivity index (χ1) is 9.25. The Morgan fingerprint density at radius 2 is 2.32 bits per heavy atom. The van der Waals surface area contributed by atoms with E-state index in [-0.39, 0.29) is 6.61 Å². The number of hydrogen-bond donors (Lipinski definition) is 2. The molecule has 1 aromatic carbocycles. The number of nitrogens with one attached hydrogen (secondary N) is 1. The Kier molecular flexibility index (Phi) is 5.92. The number of hydrogen-bond acceptors (Lipinski definition) is 4. The van der Waals surface area contributed by atoms with Crippen LogP contribution in [-0.4, -0.2) is 43.6 Å². The maximum Gasteiger partial charge on any atom is 0.138 e. The second-order valence-corrected chi connectivity index (χ2v) is 5.12. The van der Waals surface area contributed by atoms with E-state index >= 15 is 0 Å². The van der Waals surface area contributed by atoms with E-state index in [1.54, 1.807) is 12.1 Å². The first-order valence-electron chi connectivity index (χ1n) is 6.62. The molecule has 0 bridgehead atoms. The molecule has 0 spiro atoms. The van der Waals surface area contributed by atoms with Crippen molar-refractivity contribution in [3.05, 3.63) is 29.3 Å². The lowest BCUT2D eigenvalue weighted by Gasteiger charge is -2.24. The smallest absolute Gasteiger partial charge is 0.138 e. The van der Waals surface area contributed by atoms with Gasteiger partial charge in [-0.2, -0.15) is 0 Å². The molecule has 0 radical (unpaired) electrons. The summed E-state index contributed by atoms with van der Waals surface area (Å²) < 4.78 is 10.9. The highest BCUT2D eigenvalue weighted by atomic mass is 35.5. The zero-order chi connectivity index (χ0) is 13.5. The monoisotopic (exact) mass is 285 g/mol. The van der Waals surface area contributed by atoms with E-state index in [0.717, 1.165) is 26.1 Å². The molecule has 1 heterocycles. The Balaban J connectivity index is 1.66. The Morgan fingerprint density at radius 1 is 1.47 bits per heavy atom. The standard InChI is InChI=1S/C14H20ClNO3/c15-13-5-1-2-6-14(13)19-10-12(17)8-16-11-4-3-7-18-9-11/h1-2,5-6,11-12,16-17H,3-4,7-10H2. The third-order valence-corrected chi connectivity index (χ3v) is 3.38. The van der Waals surface area contributed by atoms with Crippen molar-refractivity contribution in [2.45, 2.75) is 25.0 Å². The Bertz CT molecular complexity index is 383. The van der Waals surface area contributed by atoms with E-state index in [1.807, 2.05) is 12.1 Å². The summed E-state index contributed by atoms with van der Waals surface area (Å²) in [6.07, 6.45) is 1.61. The molecule has 2 N–H and O–H groups in total. The third kappa shape index (κ3) is 4.99. The van der Waals surface area contributed by atoms with Crippen LogP contribution in [0.1, 0.15) is 12.8 Å². The van der Waals surface area contributed by atoms with Gasteiger partial charge in [0.2, 0.25) is 0 Å². The zero-order valence-corrected chi connectivity index (χ0v) is 11.6. The minimum absolute atomic E-state index is 0.226. The fourth-order valence-electron chi connectivity index (χ4n) is 2.01. The molecule has 0 saturated carbocycles. The molecule has 2 atom stereocenters. The van der Waals surface area contributed by atoms with Crippen LogP contribution in [-0.2, 0) is 4.74 Å². The summed E-state index contributed by atoms with van der Waals surface area (Å²) in [5, 5.41) is 13.7. The van der Waals surface area contributed by atoms with E-state index in [4.69, 9.17) is 21.1 Å². The topological polar surface area (TPSA) is 50.7 Å². The largest absolute Gasteiger partial charge is 0.489 e. The molecule has 4 nitrogen and oxygen atoms in total. The van der Waals surface area contributed by atoms with Crippen LogP contribution < -0.4 is 10.1 Å². The summed E-state index contributed by atoms with van der Waals surface area (Å²) in [4.78, 5) is 0. The van der Waals surface area contributed by atoms with Crippen molar-refractivity contribution in [3.8, 4) is 5.75 Å². The highest BCUT2D eigenvalue weighted by Crippen LogP contribution is 2.23. The quantitative estimate of drug-likeness (QED) is 0.837. The Morgan fingerprint density at radius 3 is 3.05 bits per heavy atom. The average Bonchev–Trinajstić information content (AvgIpc) is 2.45. The van der Waals surface area contributed by atoms with E-state index in [1.165, 1.54) is 0 Å². The van der Waals surface area contributed by atoms with Crippen LogP contribution in [0.4, 0.5) is 0 Å². The first-order valence-corrected chi connectivity index (χ1v) is 7.00. The van der Waals surface area contributed by atoms with Crippen LogP contribution in [0.2, 0.25) is 5.02 Å². The molecule has 0 aliphatic carbocycles. The second kappa shape index (κ2) is 7.70. The predicted octanol–water partition coefficient (Wildman–Crippen LogP) is 1.85. The predicted molar refractivity (Wildman–Crippen MR) is 74.8 cm³/mol. The van der Waals surface area contributed by atoms with Gasteiger partial charge >= 0.3 is 0 Å². The van der Waals surface area contributed by atoms with Gasteiger partial charge in [0.1, 0.15) is 18.5 Å². The van der Waals surface area contributed by atoms with E-state index < -0.39 is 6.10 Å². The van der Waals surface area contributed by atoms with Gasteiger partial charge in [-0.05, 0) is 25.0 Å². The third-order valence-electron chi connectivity index (χ3n) is 3.07. The molecule has 1 aromatic rings. The van der Waals surface area contributed by atoms with Crippen LogP contribution in [0.15, 0.2) is 24.3 Å². The van der Waals surface area contributed by atoms with Crippen molar-refractivity contribution >= 4 is 11.6 Å². The number of ether oxygens (including phenoxy) is 2. The maximum atomic E-state index is 9.86. The van der Waals surface area contributed by atoms with Crippen molar-refractivity contribution in [3.63, 3.8) is 0 Å². The van der Waals surface area contributed by atoms with Crippen LogP contribution in [0.5, 0.6) is 5.75 Å². The van der Waals surface area contributed by atoms with Crippen molar-refractivity contribution in [1.29, 1.82) is 0 Å². The lowest BCUT2D eigenvalue weighted by atomic mass is 10.1. The summed E-state index contributed by atoms with van der Waals surface area (Å²) in [6.45, 7) is 2.29. The van der Waals surface area contributed by atoms with Crippen molar-refractivity contribution in [2.24, 2.45) is 0 Å². The van der Waals surface area contributed by atoms with Crippen LogP contribution in [0.25, 0.3) is 0 Å². The van der Waals surface area contributed by atoms with Gasteiger partial charge in [0.25, 0.3) is 0 Å². The molecule has 2 rings (SSSR count). The van der Waals surface area contributed by atoms with Crippen LogP contribution >= 0.6 is 11.6 Å². The molecule has 1 saturated heterocycles. The fraction of sp³-hybridized carbons (Fsp3) is 0.571. The number of benzene rings is 1. The minimum atomic E-state index is -0.557. The lowest BCUT2D eigenvalue weighted by Crippen LogP contribution is -2.42. The summed E-state index contributed by atoms with van der Waals surface area (Å²) in [5.74, 6) is 0.601. The van der Waals surface area contributed by atoms with E-state index in [9.17, 15) is 5.11 Å². The Labute approximate surface area is 118 Å². The van der Waals surface area contributed by atoms with Crippen molar-refractivity contribution in [2.75, 3.05) is 26.4 Å². The van der Waals surface area contributed by atoms with Gasteiger partial charge in [0.15, 0.2) is 0 Å². The molecule has 1 fully saturated rings. The van der Waals surface area contributed by atoms with Gasteiger partial charge in [-0.3, -0.25) is 0 Å². The zero-order valence-electron chi connectivity index (χ0n) is 10.8. The SMILES string of the molecule is OC(CNC1CCCOC1)COc1ccccc1Cl. The molecule has 2 unspecified atom stereocenters. The van der Waals surface area contributed by atoms with Crippen molar-refractivity contribution < 1.29 is 14.6 Å². The number of aliphatic hydroxyl groups is 1. The molecule has 1 aliphatic heterocycles. The van der Waals surface area contributed by atoms with Gasteiger partial charge in [-0.25, -0.2) is 0 Å². The summed E-state index contributed by atoms with van der Waals surface area (Å²) in [5.41, 5.74) is 0. The van der Waals surface area contributed by atoms with Gasteiger partial charge in [0.05, 0.1) is 11.6 Å². The van der Waals surface area contributed by atoms with Gasteiger partial charge in [-0.15, -0.1) is 0 Å². The molecular formula is C14H20ClNO3. The van der Waals surface area contributed by atoms with Gasteiger partial charge in [-0.1, -0.05) is 23.7 Å². The van der Waals surface area contributed by atoms with Crippen LogP contribution in [0.3, 0.4) is 0 Å². The number of halogens is 1. The van der Waals surface area contributed by atoms with E-state index in [0.29, 0.717) is 23.4 Å². The maximum absolute atomic E-state index is 9.86. The summed E-state index contributed by atoms with van der Waals surface area (Å²) in [7, 11) is 0. The number of para-hydroxylation sites is 1.